The molecule has 0 bridgehead atoms. The minimum atomic E-state index is -0.727. The molecule has 1 amide bonds. The van der Waals surface area contributed by atoms with Gasteiger partial charge in [-0.3, -0.25) is 19.8 Å². The van der Waals surface area contributed by atoms with E-state index in [-0.39, 0.29) is 34.3 Å². The molecule has 0 aliphatic carbocycles. The van der Waals surface area contributed by atoms with Gasteiger partial charge in [-0.25, -0.2) is 0 Å². The molecular weight excluding hydrogens is 326 g/mol. The average Bonchev–Trinajstić information content (AvgIpc) is 2.60. The Balaban J connectivity index is 2.28. The molecule has 2 aromatic rings. The van der Waals surface area contributed by atoms with Crippen molar-refractivity contribution in [1.82, 2.24) is 10.2 Å². The van der Waals surface area contributed by atoms with Crippen molar-refractivity contribution in [3.8, 4) is 5.75 Å². The van der Waals surface area contributed by atoms with Crippen LogP contribution in [0.25, 0.3) is 0 Å². The number of para-hydroxylation sites is 1. The molecule has 9 nitrogen and oxygen atoms in total. The lowest BCUT2D eigenvalue weighted by molar-refractivity contribution is 0.0824. The molecule has 0 saturated heterocycles. The van der Waals surface area contributed by atoms with Crippen LogP contribution in [0.15, 0.2) is 32.9 Å². The third-order valence-electron chi connectivity index (χ3n) is 3.41. The minimum absolute atomic E-state index is 0.00101. The highest BCUT2D eigenvalue weighted by Crippen LogP contribution is 2.31. The van der Waals surface area contributed by atoms with Crippen LogP contribution in [0.3, 0.4) is 0 Å². The molecule has 0 aliphatic heterocycles. The van der Waals surface area contributed by atoms with Gasteiger partial charge in [-0.2, -0.15) is 5.10 Å². The molecular formula is C16H19N5O4. The summed E-state index contributed by atoms with van der Waals surface area (Å²) in [6, 6.07) is 4.52. The van der Waals surface area contributed by atoms with Crippen LogP contribution in [0.5, 0.6) is 5.75 Å². The van der Waals surface area contributed by atoms with E-state index in [1.54, 1.807) is 27.2 Å². The van der Waals surface area contributed by atoms with Gasteiger partial charge in [-0.15, -0.1) is 0 Å². The zero-order chi connectivity index (χ0) is 18.6. The Kier molecular flexibility index (Phi) is 5.50. The van der Waals surface area contributed by atoms with E-state index in [0.29, 0.717) is 6.54 Å². The first-order valence-electron chi connectivity index (χ1n) is 7.44. The summed E-state index contributed by atoms with van der Waals surface area (Å²) in [5.41, 5.74) is 1.27. The van der Waals surface area contributed by atoms with Crippen molar-refractivity contribution < 1.29 is 9.90 Å². The quantitative estimate of drug-likeness (QED) is 0.242. The molecule has 0 radical (unpaired) electrons. The number of carbonyl (C=O) groups excluding carboxylic acids is 1. The molecule has 0 unspecified atom stereocenters. The molecule has 132 valence electrons. The summed E-state index contributed by atoms with van der Waals surface area (Å²) in [7, 11) is 4.86. The Morgan fingerprint density at radius 2 is 1.92 bits per heavy atom. The van der Waals surface area contributed by atoms with E-state index in [4.69, 9.17) is 0 Å². The zero-order valence-electron chi connectivity index (χ0n) is 14.1. The number of benzene rings is 1. The number of rotatable bonds is 7. The number of hydrogen-bond donors (Lipinski definition) is 4. The number of carbonyl (C=O) groups is 1. The van der Waals surface area contributed by atoms with Crippen LogP contribution in [0.1, 0.15) is 10.4 Å². The van der Waals surface area contributed by atoms with E-state index in [9.17, 15) is 19.5 Å². The average molecular weight is 345 g/mol. The van der Waals surface area contributed by atoms with E-state index in [2.05, 4.69) is 21.2 Å². The zero-order valence-corrected chi connectivity index (χ0v) is 14.1. The Hall–Kier alpha value is -3.20. The normalized spacial score (nSPS) is 11.0. The van der Waals surface area contributed by atoms with E-state index >= 15 is 0 Å². The lowest BCUT2D eigenvalue weighted by Crippen LogP contribution is -2.35. The Bertz CT molecular complexity index is 881. The number of phenols is 1. The molecule has 0 spiro atoms. The van der Waals surface area contributed by atoms with Crippen LogP contribution in [-0.2, 0) is 0 Å². The summed E-state index contributed by atoms with van der Waals surface area (Å²) in [5, 5.41) is 19.6. The van der Waals surface area contributed by atoms with Crippen LogP contribution >= 0.6 is 0 Å². The van der Waals surface area contributed by atoms with E-state index < -0.39 is 10.9 Å². The number of aromatic hydroxyl groups is 1. The van der Waals surface area contributed by atoms with E-state index in [0.717, 1.165) is 0 Å². The highest BCUT2D eigenvalue weighted by molar-refractivity contribution is 5.99. The van der Waals surface area contributed by atoms with Crippen LogP contribution < -0.4 is 26.9 Å². The van der Waals surface area contributed by atoms with E-state index in [1.807, 2.05) is 0 Å². The fraction of sp³-hybridized carbons (Fsp3) is 0.250. The van der Waals surface area contributed by atoms with Gasteiger partial charge in [0.25, 0.3) is 16.8 Å². The van der Waals surface area contributed by atoms with Crippen molar-refractivity contribution in [2.45, 2.75) is 0 Å². The summed E-state index contributed by atoms with van der Waals surface area (Å²) in [6.45, 7) is 0.487. The van der Waals surface area contributed by atoms with Crippen LogP contribution in [-0.4, -0.2) is 49.8 Å². The number of phenolic OH excluding ortho intramolecular Hbond substituents is 1. The smallest absolute Gasteiger partial charge is 0.257 e. The van der Waals surface area contributed by atoms with Gasteiger partial charge >= 0.3 is 0 Å². The Morgan fingerprint density at radius 1 is 1.24 bits per heavy atom. The lowest BCUT2D eigenvalue weighted by Gasteiger charge is -2.16. The first-order valence-corrected chi connectivity index (χ1v) is 7.44. The van der Waals surface area contributed by atoms with Crippen molar-refractivity contribution in [3.05, 3.63) is 44.2 Å². The van der Waals surface area contributed by atoms with Gasteiger partial charge in [-0.05, 0) is 19.2 Å². The van der Waals surface area contributed by atoms with Gasteiger partial charge in [-0.1, -0.05) is 6.07 Å². The predicted octanol–water partition coefficient (Wildman–Crippen LogP) is 0.0507. The second-order valence-corrected chi connectivity index (χ2v) is 5.42. The number of hydrogen-bond acceptors (Lipinski definition) is 8. The Labute approximate surface area is 143 Å². The van der Waals surface area contributed by atoms with Gasteiger partial charge in [0.15, 0.2) is 5.75 Å². The predicted molar refractivity (Wildman–Crippen MR) is 96.8 cm³/mol. The first kappa shape index (κ1) is 18.1. The Morgan fingerprint density at radius 3 is 2.56 bits per heavy atom. The number of nitrogens with zero attached hydrogens (tertiary/aromatic N) is 2. The summed E-state index contributed by atoms with van der Waals surface area (Å²) >= 11 is 0. The maximum absolute atomic E-state index is 12.0. The van der Waals surface area contributed by atoms with Crippen LogP contribution in [0, 0.1) is 0 Å². The SMILES string of the molecule is CNCC=NNc1c(Nc2cccc(C(=O)N(C)C)c2O)c(=O)c1=O. The summed E-state index contributed by atoms with van der Waals surface area (Å²) < 4.78 is 0. The fourth-order valence-electron chi connectivity index (χ4n) is 2.06. The maximum Gasteiger partial charge on any atom is 0.257 e. The highest BCUT2D eigenvalue weighted by atomic mass is 16.3. The molecule has 0 aromatic heterocycles. The molecule has 25 heavy (non-hydrogen) atoms. The largest absolute Gasteiger partial charge is 0.505 e. The molecule has 0 heterocycles. The summed E-state index contributed by atoms with van der Waals surface area (Å²) in [5.74, 6) is -0.694. The number of anilines is 3. The standard InChI is InChI=1S/C16H19N5O4/c1-17-7-8-18-20-12-11(14(23)15(12)24)19-10-6-4-5-9(13(10)22)16(25)21(2)3/h4-6,8,17,19-20,22H,7H2,1-3H3. The highest BCUT2D eigenvalue weighted by Gasteiger charge is 2.23. The topological polar surface area (TPSA) is 123 Å². The van der Waals surface area contributed by atoms with Gasteiger partial charge in [0, 0.05) is 26.9 Å². The van der Waals surface area contributed by atoms with Gasteiger partial charge < -0.3 is 20.6 Å². The van der Waals surface area contributed by atoms with Crippen molar-refractivity contribution in [3.63, 3.8) is 0 Å². The molecule has 4 N–H and O–H groups in total. The van der Waals surface area contributed by atoms with Crippen molar-refractivity contribution in [2.24, 2.45) is 5.10 Å². The van der Waals surface area contributed by atoms with Gasteiger partial charge in [0.1, 0.15) is 11.4 Å². The first-order chi connectivity index (χ1) is 11.9. The molecule has 9 heteroatoms. The fourth-order valence-corrected chi connectivity index (χ4v) is 2.06. The van der Waals surface area contributed by atoms with Crippen molar-refractivity contribution in [1.29, 1.82) is 0 Å². The third kappa shape index (κ3) is 3.66. The molecule has 0 aliphatic rings. The second kappa shape index (κ2) is 7.58. The number of hydrazone groups is 1. The second-order valence-electron chi connectivity index (χ2n) is 5.42. The van der Waals surface area contributed by atoms with Gasteiger partial charge in [0.05, 0.1) is 11.3 Å². The van der Waals surface area contributed by atoms with Crippen LogP contribution in [0.4, 0.5) is 17.1 Å². The monoisotopic (exact) mass is 345 g/mol. The summed E-state index contributed by atoms with van der Waals surface area (Å²) in [6.07, 6.45) is 1.49. The molecule has 2 aromatic carbocycles. The summed E-state index contributed by atoms with van der Waals surface area (Å²) in [4.78, 5) is 36.8. The van der Waals surface area contributed by atoms with Crippen molar-refractivity contribution in [2.75, 3.05) is 38.4 Å². The molecule has 0 saturated carbocycles. The molecule has 0 fully saturated rings. The molecule has 0 atom stereocenters. The molecule has 2 rings (SSSR count). The van der Waals surface area contributed by atoms with Crippen LogP contribution in [0.2, 0.25) is 0 Å². The van der Waals surface area contributed by atoms with Gasteiger partial charge in [0.2, 0.25) is 0 Å². The van der Waals surface area contributed by atoms with E-state index in [1.165, 1.54) is 23.2 Å². The number of nitrogens with one attached hydrogen (secondary N) is 3. The minimum Gasteiger partial charge on any atom is -0.505 e. The number of amides is 1. The maximum atomic E-state index is 12.0. The lowest BCUT2D eigenvalue weighted by atomic mass is 10.1. The van der Waals surface area contributed by atoms with Crippen molar-refractivity contribution >= 4 is 29.2 Å². The third-order valence-corrected chi connectivity index (χ3v) is 3.41.